The van der Waals surface area contributed by atoms with Crippen molar-refractivity contribution in [2.75, 3.05) is 6.61 Å². The van der Waals surface area contributed by atoms with Gasteiger partial charge in [-0.2, -0.15) is 5.26 Å². The van der Waals surface area contributed by atoms with Gasteiger partial charge in [-0.25, -0.2) is 0 Å². The molecule has 1 aliphatic rings. The highest BCUT2D eigenvalue weighted by atomic mass is 16.5. The van der Waals surface area contributed by atoms with Crippen LogP contribution in [0.2, 0.25) is 0 Å². The smallest absolute Gasteiger partial charge is 0.0656 e. The maximum atomic E-state index is 8.67. The zero-order valence-corrected chi connectivity index (χ0v) is 7.05. The maximum absolute atomic E-state index is 8.67. The lowest BCUT2D eigenvalue weighted by Crippen LogP contribution is -2.21. The number of rotatable bonds is 2. The van der Waals surface area contributed by atoms with Crippen molar-refractivity contribution >= 4 is 0 Å². The van der Waals surface area contributed by atoms with E-state index in [2.05, 4.69) is 6.07 Å². The molecule has 1 aliphatic carbocycles. The molecule has 0 N–H and O–H groups in total. The van der Waals surface area contributed by atoms with Crippen LogP contribution in [0.3, 0.4) is 0 Å². The third-order valence-corrected chi connectivity index (χ3v) is 2.21. The second-order valence-corrected chi connectivity index (χ2v) is 3.07. The standard InChI is InChI=1S/C9H15NO/c1-2-11-9-5-3-4-8(6-9)7-10/h8-9H,2-6H2,1H3. The Morgan fingerprint density at radius 3 is 3.00 bits per heavy atom. The summed E-state index contributed by atoms with van der Waals surface area (Å²) in [5, 5.41) is 8.67. The van der Waals surface area contributed by atoms with Gasteiger partial charge in [-0.15, -0.1) is 0 Å². The molecule has 2 heteroatoms. The second-order valence-electron chi connectivity index (χ2n) is 3.07. The predicted octanol–water partition coefficient (Wildman–Crippen LogP) is 2.11. The summed E-state index contributed by atoms with van der Waals surface area (Å²) in [4.78, 5) is 0. The highest BCUT2D eigenvalue weighted by molar-refractivity contribution is 4.88. The zero-order valence-electron chi connectivity index (χ0n) is 7.05. The minimum absolute atomic E-state index is 0.250. The lowest BCUT2D eigenvalue weighted by molar-refractivity contribution is 0.0279. The van der Waals surface area contributed by atoms with Gasteiger partial charge in [-0.1, -0.05) is 0 Å². The summed E-state index contributed by atoms with van der Waals surface area (Å²) in [7, 11) is 0. The van der Waals surface area contributed by atoms with E-state index in [0.29, 0.717) is 6.10 Å². The van der Waals surface area contributed by atoms with Crippen LogP contribution in [0.15, 0.2) is 0 Å². The molecule has 62 valence electrons. The van der Waals surface area contributed by atoms with Crippen LogP contribution in [-0.4, -0.2) is 12.7 Å². The van der Waals surface area contributed by atoms with Gasteiger partial charge in [-0.3, -0.25) is 0 Å². The Bertz CT molecular complexity index is 148. The maximum Gasteiger partial charge on any atom is 0.0656 e. The normalized spacial score (nSPS) is 31.3. The molecule has 2 unspecified atom stereocenters. The molecule has 1 fully saturated rings. The van der Waals surface area contributed by atoms with Gasteiger partial charge in [0.05, 0.1) is 12.2 Å². The lowest BCUT2D eigenvalue weighted by atomic mass is 9.88. The van der Waals surface area contributed by atoms with E-state index in [4.69, 9.17) is 10.00 Å². The Labute approximate surface area is 68.2 Å². The van der Waals surface area contributed by atoms with Crippen molar-refractivity contribution in [2.24, 2.45) is 5.92 Å². The summed E-state index contributed by atoms with van der Waals surface area (Å²) in [6.45, 7) is 2.79. The summed E-state index contributed by atoms with van der Waals surface area (Å²) >= 11 is 0. The third-order valence-electron chi connectivity index (χ3n) is 2.21. The van der Waals surface area contributed by atoms with Crippen molar-refractivity contribution in [2.45, 2.75) is 38.7 Å². The first kappa shape index (κ1) is 8.55. The average molecular weight is 153 g/mol. The third kappa shape index (κ3) is 2.51. The number of nitrogens with zero attached hydrogens (tertiary/aromatic N) is 1. The fourth-order valence-electron chi connectivity index (χ4n) is 1.65. The van der Waals surface area contributed by atoms with E-state index < -0.39 is 0 Å². The fraction of sp³-hybridized carbons (Fsp3) is 0.889. The molecule has 11 heavy (non-hydrogen) atoms. The largest absolute Gasteiger partial charge is 0.378 e. The molecule has 0 aliphatic heterocycles. The molecule has 1 rings (SSSR count). The van der Waals surface area contributed by atoms with Gasteiger partial charge in [0.25, 0.3) is 0 Å². The molecule has 2 atom stereocenters. The van der Waals surface area contributed by atoms with E-state index in [0.717, 1.165) is 32.3 Å². The van der Waals surface area contributed by atoms with Crippen molar-refractivity contribution in [3.8, 4) is 6.07 Å². The van der Waals surface area contributed by atoms with Crippen molar-refractivity contribution < 1.29 is 4.74 Å². The van der Waals surface area contributed by atoms with Crippen molar-refractivity contribution in [1.82, 2.24) is 0 Å². The first-order chi connectivity index (χ1) is 5.36. The van der Waals surface area contributed by atoms with Crippen LogP contribution in [-0.2, 0) is 4.74 Å². The minimum Gasteiger partial charge on any atom is -0.378 e. The van der Waals surface area contributed by atoms with Crippen molar-refractivity contribution in [3.63, 3.8) is 0 Å². The van der Waals surface area contributed by atoms with Crippen LogP contribution < -0.4 is 0 Å². The number of hydrogen-bond acceptors (Lipinski definition) is 2. The van der Waals surface area contributed by atoms with Gasteiger partial charge in [0.1, 0.15) is 0 Å². The van der Waals surface area contributed by atoms with E-state index in [9.17, 15) is 0 Å². The molecule has 0 aromatic carbocycles. The Morgan fingerprint density at radius 1 is 1.55 bits per heavy atom. The monoisotopic (exact) mass is 153 g/mol. The zero-order chi connectivity index (χ0) is 8.10. The first-order valence-corrected chi connectivity index (χ1v) is 4.38. The fourth-order valence-corrected chi connectivity index (χ4v) is 1.65. The van der Waals surface area contributed by atoms with E-state index in [1.807, 2.05) is 6.92 Å². The van der Waals surface area contributed by atoms with Crippen LogP contribution in [0.5, 0.6) is 0 Å². The average Bonchev–Trinajstić information content (AvgIpc) is 2.06. The number of nitriles is 1. The van der Waals surface area contributed by atoms with Gasteiger partial charge in [-0.05, 0) is 32.6 Å². The van der Waals surface area contributed by atoms with E-state index >= 15 is 0 Å². The summed E-state index contributed by atoms with van der Waals surface area (Å²) in [6, 6.07) is 2.31. The van der Waals surface area contributed by atoms with Crippen LogP contribution in [0, 0.1) is 17.2 Å². The Hall–Kier alpha value is -0.550. The van der Waals surface area contributed by atoms with E-state index in [1.165, 1.54) is 0 Å². The van der Waals surface area contributed by atoms with Crippen molar-refractivity contribution in [1.29, 1.82) is 5.26 Å². The molecule has 0 aromatic heterocycles. The quantitative estimate of drug-likeness (QED) is 0.608. The molecule has 0 radical (unpaired) electrons. The molecule has 1 saturated carbocycles. The molecular weight excluding hydrogens is 138 g/mol. The Morgan fingerprint density at radius 2 is 2.36 bits per heavy atom. The van der Waals surface area contributed by atoms with E-state index in [-0.39, 0.29) is 5.92 Å². The molecule has 0 amide bonds. The van der Waals surface area contributed by atoms with Gasteiger partial charge in [0.2, 0.25) is 0 Å². The molecular formula is C9H15NO. The van der Waals surface area contributed by atoms with Gasteiger partial charge < -0.3 is 4.74 Å². The molecule has 0 spiro atoms. The summed E-state index contributed by atoms with van der Waals surface area (Å²) in [5.41, 5.74) is 0. The molecule has 0 aromatic rings. The SMILES string of the molecule is CCOC1CCCC(C#N)C1. The Kier molecular flexibility index (Phi) is 3.38. The van der Waals surface area contributed by atoms with Crippen LogP contribution >= 0.6 is 0 Å². The van der Waals surface area contributed by atoms with Crippen LogP contribution in [0.25, 0.3) is 0 Å². The van der Waals surface area contributed by atoms with Gasteiger partial charge >= 0.3 is 0 Å². The van der Waals surface area contributed by atoms with Gasteiger partial charge in [0, 0.05) is 12.5 Å². The number of ether oxygens (including phenoxy) is 1. The molecule has 0 saturated heterocycles. The van der Waals surface area contributed by atoms with Gasteiger partial charge in [0.15, 0.2) is 0 Å². The lowest BCUT2D eigenvalue weighted by Gasteiger charge is -2.24. The summed E-state index contributed by atoms with van der Waals surface area (Å²) in [6.07, 6.45) is 4.68. The molecule has 0 bridgehead atoms. The van der Waals surface area contributed by atoms with Crippen molar-refractivity contribution in [3.05, 3.63) is 0 Å². The molecule has 2 nitrogen and oxygen atoms in total. The van der Waals surface area contributed by atoms with Crippen LogP contribution in [0.1, 0.15) is 32.6 Å². The number of hydrogen-bond donors (Lipinski definition) is 0. The summed E-state index contributed by atoms with van der Waals surface area (Å²) < 4.78 is 5.46. The van der Waals surface area contributed by atoms with Crippen LogP contribution in [0.4, 0.5) is 0 Å². The Balaban J connectivity index is 2.29. The highest BCUT2D eigenvalue weighted by Gasteiger charge is 2.21. The summed E-state index contributed by atoms with van der Waals surface area (Å²) in [5.74, 6) is 0.250. The topological polar surface area (TPSA) is 33.0 Å². The van der Waals surface area contributed by atoms with E-state index in [1.54, 1.807) is 0 Å². The second kappa shape index (κ2) is 4.35. The highest BCUT2D eigenvalue weighted by Crippen LogP contribution is 2.25. The molecule has 0 heterocycles. The minimum atomic E-state index is 0.250. The first-order valence-electron chi connectivity index (χ1n) is 4.38. The predicted molar refractivity (Wildman–Crippen MR) is 43.0 cm³/mol.